The van der Waals surface area contributed by atoms with Crippen LogP contribution in [0, 0.1) is 0 Å². The molecule has 1 amide bonds. The number of anilines is 2. The molecule has 6 nitrogen and oxygen atoms in total. The number of thiocarbonyl (C=S) groups is 1. The monoisotopic (exact) mass is 273 g/mol. The fraction of sp³-hybridized carbons (Fsp3) is 0. The molecule has 1 aromatic carbocycles. The van der Waals surface area contributed by atoms with Crippen LogP contribution in [0.25, 0.3) is 0 Å². The van der Waals surface area contributed by atoms with E-state index >= 15 is 0 Å². The Morgan fingerprint density at radius 1 is 1.21 bits per heavy atom. The van der Waals surface area contributed by atoms with Gasteiger partial charge in [-0.05, 0) is 12.1 Å². The van der Waals surface area contributed by atoms with Crippen LogP contribution in [0.15, 0.2) is 36.5 Å². The molecule has 0 saturated carbocycles. The maximum absolute atomic E-state index is 11.3. The molecule has 0 unspecified atom stereocenters. The first kappa shape index (κ1) is 12.9. The highest BCUT2D eigenvalue weighted by Crippen LogP contribution is 2.17. The number of nitrogens with two attached hydrogens (primary N) is 2. The smallest absolute Gasteiger partial charge is 0.271 e. The van der Waals surface area contributed by atoms with Crippen LogP contribution in [0.3, 0.4) is 0 Å². The topological polar surface area (TPSA) is 107 Å². The van der Waals surface area contributed by atoms with Crippen molar-refractivity contribution in [3.05, 3.63) is 47.9 Å². The van der Waals surface area contributed by atoms with Crippen molar-refractivity contribution < 1.29 is 4.79 Å². The summed E-state index contributed by atoms with van der Waals surface area (Å²) < 4.78 is 0. The van der Waals surface area contributed by atoms with Crippen LogP contribution in [0.2, 0.25) is 0 Å². The second-order valence-corrected chi connectivity index (χ2v) is 4.11. The average Bonchev–Trinajstić information content (AvgIpc) is 2.39. The minimum Gasteiger partial charge on any atom is -0.388 e. The van der Waals surface area contributed by atoms with Gasteiger partial charge in [-0.25, -0.2) is 9.97 Å². The van der Waals surface area contributed by atoms with E-state index in [1.54, 1.807) is 0 Å². The van der Waals surface area contributed by atoms with Crippen molar-refractivity contribution in [3.63, 3.8) is 0 Å². The van der Waals surface area contributed by atoms with Gasteiger partial charge in [-0.2, -0.15) is 0 Å². The Morgan fingerprint density at radius 3 is 2.47 bits per heavy atom. The molecule has 0 aliphatic carbocycles. The zero-order chi connectivity index (χ0) is 13.8. The number of para-hydroxylation sites is 1. The van der Waals surface area contributed by atoms with Gasteiger partial charge in [0.05, 0.1) is 6.20 Å². The molecule has 19 heavy (non-hydrogen) atoms. The van der Waals surface area contributed by atoms with Crippen LogP contribution in [0.4, 0.5) is 11.5 Å². The third-order valence-electron chi connectivity index (χ3n) is 2.29. The van der Waals surface area contributed by atoms with Gasteiger partial charge in [0, 0.05) is 5.69 Å². The number of nitrogens with one attached hydrogen (secondary N) is 1. The van der Waals surface area contributed by atoms with E-state index < -0.39 is 5.91 Å². The number of carbonyl (C=O) groups is 1. The summed E-state index contributed by atoms with van der Waals surface area (Å²) in [5.74, 6) is -0.454. The Balaban J connectivity index is 2.43. The molecule has 96 valence electrons. The van der Waals surface area contributed by atoms with Crippen LogP contribution in [0.1, 0.15) is 16.2 Å². The Bertz CT molecular complexity index is 629. The van der Waals surface area contributed by atoms with E-state index in [9.17, 15) is 4.79 Å². The Labute approximate surface area is 114 Å². The number of rotatable bonds is 4. The zero-order valence-electron chi connectivity index (χ0n) is 9.83. The highest BCUT2D eigenvalue weighted by Gasteiger charge is 2.13. The van der Waals surface area contributed by atoms with Crippen molar-refractivity contribution in [3.8, 4) is 0 Å². The van der Waals surface area contributed by atoms with Crippen LogP contribution in [0.5, 0.6) is 0 Å². The summed E-state index contributed by atoms with van der Waals surface area (Å²) in [4.78, 5) is 19.5. The summed E-state index contributed by atoms with van der Waals surface area (Å²) in [6, 6.07) is 9.20. The van der Waals surface area contributed by atoms with Gasteiger partial charge in [-0.15, -0.1) is 0 Å². The van der Waals surface area contributed by atoms with Gasteiger partial charge < -0.3 is 16.8 Å². The molecule has 7 heteroatoms. The van der Waals surface area contributed by atoms with Gasteiger partial charge in [0.1, 0.15) is 10.7 Å². The molecular weight excluding hydrogens is 262 g/mol. The summed E-state index contributed by atoms with van der Waals surface area (Å²) in [6.45, 7) is 0. The van der Waals surface area contributed by atoms with Crippen molar-refractivity contribution in [1.29, 1.82) is 0 Å². The molecule has 0 aliphatic heterocycles. The number of carbonyl (C=O) groups excluding carboxylic acids is 1. The lowest BCUT2D eigenvalue weighted by Gasteiger charge is -2.09. The number of aromatic nitrogens is 2. The lowest BCUT2D eigenvalue weighted by atomic mass is 10.3. The summed E-state index contributed by atoms with van der Waals surface area (Å²) in [5, 5.41) is 2.96. The zero-order valence-corrected chi connectivity index (χ0v) is 10.6. The second kappa shape index (κ2) is 5.40. The number of benzene rings is 1. The van der Waals surface area contributed by atoms with Crippen LogP contribution >= 0.6 is 12.2 Å². The van der Waals surface area contributed by atoms with Crippen molar-refractivity contribution >= 4 is 34.6 Å². The maximum atomic E-state index is 11.3. The summed E-state index contributed by atoms with van der Waals surface area (Å²) in [7, 11) is 0. The lowest BCUT2D eigenvalue weighted by molar-refractivity contribution is 0.0996. The van der Waals surface area contributed by atoms with Crippen molar-refractivity contribution in [2.75, 3.05) is 5.32 Å². The number of primary amides is 1. The summed E-state index contributed by atoms with van der Waals surface area (Å²) in [6.07, 6.45) is 1.32. The molecule has 2 aromatic rings. The molecule has 2 rings (SSSR count). The molecule has 1 aromatic heterocycles. The average molecular weight is 273 g/mol. The SMILES string of the molecule is NC(=O)c1ncc(C(N)=S)nc1Nc1ccccc1. The summed E-state index contributed by atoms with van der Waals surface area (Å²) in [5.41, 5.74) is 11.8. The van der Waals surface area contributed by atoms with Gasteiger partial charge in [0.2, 0.25) is 0 Å². The Kier molecular flexibility index (Phi) is 3.67. The van der Waals surface area contributed by atoms with Crippen molar-refractivity contribution in [1.82, 2.24) is 9.97 Å². The number of nitrogens with zero attached hydrogens (tertiary/aromatic N) is 2. The summed E-state index contributed by atoms with van der Waals surface area (Å²) >= 11 is 4.83. The molecule has 0 saturated heterocycles. The molecule has 0 bridgehead atoms. The highest BCUT2D eigenvalue weighted by molar-refractivity contribution is 7.80. The minimum absolute atomic E-state index is 0.0313. The maximum Gasteiger partial charge on any atom is 0.271 e. The first-order valence-corrected chi connectivity index (χ1v) is 5.77. The fourth-order valence-electron chi connectivity index (χ4n) is 1.43. The Hall–Kier alpha value is -2.54. The van der Waals surface area contributed by atoms with Gasteiger partial charge in [-0.1, -0.05) is 30.4 Å². The largest absolute Gasteiger partial charge is 0.388 e. The van der Waals surface area contributed by atoms with Gasteiger partial charge in [0.25, 0.3) is 5.91 Å². The molecule has 0 radical (unpaired) electrons. The normalized spacial score (nSPS) is 9.89. The molecule has 5 N–H and O–H groups in total. The van der Waals surface area contributed by atoms with E-state index in [1.165, 1.54) is 6.20 Å². The molecule has 0 atom stereocenters. The standard InChI is InChI=1S/C12H11N5OS/c13-10(18)9-12(16-7-4-2-1-3-5-7)17-8(6-15-9)11(14)19/h1-6H,(H2,13,18)(H2,14,19)(H,16,17). The third kappa shape index (κ3) is 3.02. The van der Waals surface area contributed by atoms with Crippen molar-refractivity contribution in [2.45, 2.75) is 0 Å². The van der Waals surface area contributed by atoms with Crippen LogP contribution in [-0.4, -0.2) is 20.9 Å². The quantitative estimate of drug-likeness (QED) is 0.716. The molecule has 0 spiro atoms. The second-order valence-electron chi connectivity index (χ2n) is 3.67. The first-order chi connectivity index (χ1) is 9.08. The van der Waals surface area contributed by atoms with Gasteiger partial charge >= 0.3 is 0 Å². The van der Waals surface area contributed by atoms with Crippen LogP contribution in [-0.2, 0) is 0 Å². The van der Waals surface area contributed by atoms with E-state index in [0.717, 1.165) is 5.69 Å². The van der Waals surface area contributed by atoms with Crippen LogP contribution < -0.4 is 16.8 Å². The molecule has 1 heterocycles. The number of amides is 1. The molecule has 0 aliphatic rings. The fourth-order valence-corrected chi connectivity index (χ4v) is 1.53. The molecule has 0 fully saturated rings. The number of hydrogen-bond acceptors (Lipinski definition) is 5. The van der Waals surface area contributed by atoms with E-state index in [0.29, 0.717) is 5.69 Å². The van der Waals surface area contributed by atoms with E-state index in [1.807, 2.05) is 30.3 Å². The van der Waals surface area contributed by atoms with Crippen molar-refractivity contribution in [2.24, 2.45) is 11.5 Å². The molecular formula is C12H11N5OS. The van der Waals surface area contributed by atoms with Gasteiger partial charge in [0.15, 0.2) is 11.5 Å². The van der Waals surface area contributed by atoms with E-state index in [4.69, 9.17) is 23.7 Å². The highest BCUT2D eigenvalue weighted by atomic mass is 32.1. The predicted octanol–water partition coefficient (Wildman–Crippen LogP) is 0.953. The first-order valence-electron chi connectivity index (χ1n) is 5.36. The van der Waals surface area contributed by atoms with E-state index in [2.05, 4.69) is 15.3 Å². The Morgan fingerprint density at radius 2 is 1.89 bits per heavy atom. The minimum atomic E-state index is -0.680. The lowest BCUT2D eigenvalue weighted by Crippen LogP contribution is -2.19. The van der Waals surface area contributed by atoms with Gasteiger partial charge in [-0.3, -0.25) is 4.79 Å². The van der Waals surface area contributed by atoms with E-state index in [-0.39, 0.29) is 16.5 Å². The number of hydrogen-bond donors (Lipinski definition) is 3. The predicted molar refractivity (Wildman–Crippen MR) is 76.2 cm³/mol. The third-order valence-corrected chi connectivity index (χ3v) is 2.50.